The first-order chi connectivity index (χ1) is 46.7. The molecule has 0 saturated heterocycles. The Kier molecular flexibility index (Phi) is 13.9. The lowest BCUT2D eigenvalue weighted by molar-refractivity contribution is 1.20. The highest BCUT2D eigenvalue weighted by atomic mass is 15.2. The molecule has 4 aliphatic heterocycles. The van der Waals surface area contributed by atoms with Crippen molar-refractivity contribution in [2.45, 2.75) is 69.2 Å². The third-order valence-corrected chi connectivity index (χ3v) is 20.0. The van der Waals surface area contributed by atoms with Crippen molar-refractivity contribution in [2.24, 2.45) is 0 Å². The lowest BCUT2D eigenvalue weighted by Gasteiger charge is -2.48. The summed E-state index contributed by atoms with van der Waals surface area (Å²) < 4.78 is 0. The third kappa shape index (κ3) is 9.71. The van der Waals surface area contributed by atoms with Gasteiger partial charge in [-0.25, -0.2) is 0 Å². The molecule has 0 spiro atoms. The molecule has 0 N–H and O–H groups in total. The van der Waals surface area contributed by atoms with Crippen LogP contribution in [0.15, 0.2) is 267 Å². The number of para-hydroxylation sites is 4. The molecule has 0 fully saturated rings. The van der Waals surface area contributed by atoms with Crippen molar-refractivity contribution >= 4 is 149 Å². The van der Waals surface area contributed by atoms with Crippen LogP contribution < -0.4 is 62.2 Å². The summed E-state index contributed by atoms with van der Waals surface area (Å²) >= 11 is 0. The van der Waals surface area contributed by atoms with Crippen molar-refractivity contribution in [1.29, 1.82) is 0 Å². The van der Waals surface area contributed by atoms with Crippen LogP contribution in [0.2, 0.25) is 0 Å². The number of rotatable bonds is 10. The zero-order chi connectivity index (χ0) is 65.4. The Morgan fingerprint density at radius 3 is 0.688 bits per heavy atom. The van der Waals surface area contributed by atoms with Crippen LogP contribution in [0.1, 0.15) is 55.6 Å². The van der Waals surface area contributed by atoms with Crippen molar-refractivity contribution in [3.63, 3.8) is 0 Å². The SMILES string of the molecule is Cc1cc(C)cc(N2c3cc(C)ccc3B3c4cc5c(cc4N(c4cc(C)cc(C)c4)c4cc(N(c6ccccc6)c6ccccc6)cc2c43)B2c3ccc(C)cc3N(c3cc(C)cc(C)c3)c3cc(N(c4ccccc4)c4ccccc4)cc(c32)N5c2cc(C)cc(C)c2)c1. The monoisotopic (exact) mass is 1240 g/mol. The minimum absolute atomic E-state index is 0.191. The molecule has 0 unspecified atom stereocenters. The molecule has 0 saturated carbocycles. The van der Waals surface area contributed by atoms with Crippen LogP contribution in [-0.2, 0) is 0 Å². The first-order valence-electron chi connectivity index (χ1n) is 33.8. The van der Waals surface area contributed by atoms with E-state index in [2.05, 4.69) is 366 Å². The number of hydrogen-bond donors (Lipinski definition) is 0. The van der Waals surface area contributed by atoms with Gasteiger partial charge in [0.1, 0.15) is 0 Å². The highest BCUT2D eigenvalue weighted by Crippen LogP contribution is 2.53. The molecule has 6 nitrogen and oxygen atoms in total. The summed E-state index contributed by atoms with van der Waals surface area (Å²) in [6.07, 6.45) is 0. The molecule has 0 bridgehead atoms. The van der Waals surface area contributed by atoms with Gasteiger partial charge in [0, 0.05) is 91.0 Å². The van der Waals surface area contributed by atoms with E-state index in [1.165, 1.54) is 111 Å². The number of anilines is 18. The normalized spacial score (nSPS) is 13.0. The predicted octanol–water partition coefficient (Wildman–Crippen LogP) is 19.9. The summed E-state index contributed by atoms with van der Waals surface area (Å²) in [7, 11) is 0. The van der Waals surface area contributed by atoms with Crippen molar-refractivity contribution in [2.75, 3.05) is 29.4 Å². The molecule has 13 aromatic carbocycles. The van der Waals surface area contributed by atoms with Crippen LogP contribution in [0, 0.1) is 69.2 Å². The maximum atomic E-state index is 2.65. The maximum Gasteiger partial charge on any atom is 0.252 e. The fourth-order valence-corrected chi connectivity index (χ4v) is 16.6. The fourth-order valence-electron chi connectivity index (χ4n) is 16.6. The van der Waals surface area contributed by atoms with Gasteiger partial charge in [-0.05, 0) is 303 Å². The van der Waals surface area contributed by atoms with Gasteiger partial charge in [0.05, 0.1) is 11.4 Å². The Morgan fingerprint density at radius 2 is 0.438 bits per heavy atom. The van der Waals surface area contributed by atoms with Gasteiger partial charge >= 0.3 is 0 Å². The van der Waals surface area contributed by atoms with E-state index in [1.807, 2.05) is 0 Å². The summed E-state index contributed by atoms with van der Waals surface area (Å²) in [5.74, 6) is 0. The molecular weight excluding hydrogens is 1160 g/mol. The molecule has 0 radical (unpaired) electrons. The summed E-state index contributed by atoms with van der Waals surface area (Å²) in [6.45, 7) is 22.1. The number of nitrogens with zero attached hydrogens (tertiary/aromatic N) is 6. The van der Waals surface area contributed by atoms with E-state index >= 15 is 0 Å². The van der Waals surface area contributed by atoms with Crippen LogP contribution in [0.5, 0.6) is 0 Å². The molecular formula is C88H74B2N6. The van der Waals surface area contributed by atoms with Gasteiger partial charge in [0.15, 0.2) is 0 Å². The lowest BCUT2D eigenvalue weighted by Crippen LogP contribution is -2.64. The quantitative estimate of drug-likeness (QED) is 0.126. The predicted molar refractivity (Wildman–Crippen MR) is 411 cm³/mol. The third-order valence-electron chi connectivity index (χ3n) is 20.0. The zero-order valence-electron chi connectivity index (χ0n) is 56.2. The highest BCUT2D eigenvalue weighted by molar-refractivity contribution is 7.02. The van der Waals surface area contributed by atoms with Crippen molar-refractivity contribution < 1.29 is 0 Å². The van der Waals surface area contributed by atoms with E-state index in [1.54, 1.807) is 0 Å². The van der Waals surface area contributed by atoms with Crippen LogP contribution in [0.25, 0.3) is 0 Å². The van der Waals surface area contributed by atoms with Crippen LogP contribution >= 0.6 is 0 Å². The molecule has 8 heteroatoms. The molecule has 96 heavy (non-hydrogen) atoms. The molecule has 0 aliphatic carbocycles. The first-order valence-corrected chi connectivity index (χ1v) is 33.8. The molecule has 4 heterocycles. The molecule has 17 rings (SSSR count). The molecule has 0 atom stereocenters. The van der Waals surface area contributed by atoms with Crippen LogP contribution in [-0.4, -0.2) is 13.4 Å². The van der Waals surface area contributed by atoms with E-state index in [4.69, 9.17) is 0 Å². The fraction of sp³-hybridized carbons (Fsp3) is 0.114. The summed E-state index contributed by atoms with van der Waals surface area (Å²) in [5.41, 5.74) is 40.1. The Hall–Kier alpha value is -11.2. The number of benzene rings is 13. The average Bonchev–Trinajstić information content (AvgIpc) is 0.688. The average molecular weight is 1240 g/mol. The second-order valence-corrected chi connectivity index (χ2v) is 27.5. The molecule has 462 valence electrons. The number of fused-ring (bicyclic) bond motifs is 8. The van der Waals surface area contributed by atoms with Gasteiger partial charge in [-0.1, -0.05) is 121 Å². The van der Waals surface area contributed by atoms with E-state index in [0.29, 0.717) is 0 Å². The van der Waals surface area contributed by atoms with Gasteiger partial charge < -0.3 is 29.4 Å². The van der Waals surface area contributed by atoms with E-state index in [9.17, 15) is 0 Å². The first kappa shape index (κ1) is 58.6. The Labute approximate surface area is 566 Å². The van der Waals surface area contributed by atoms with E-state index in [-0.39, 0.29) is 13.4 Å². The van der Waals surface area contributed by atoms with Crippen molar-refractivity contribution in [1.82, 2.24) is 0 Å². The Balaban J connectivity index is 1.03. The largest absolute Gasteiger partial charge is 0.311 e. The maximum absolute atomic E-state index is 2.65. The lowest BCUT2D eigenvalue weighted by atomic mass is 9.31. The van der Waals surface area contributed by atoms with E-state index in [0.717, 1.165) is 79.6 Å². The number of hydrogen-bond acceptors (Lipinski definition) is 6. The van der Waals surface area contributed by atoms with Gasteiger partial charge in [0.25, 0.3) is 13.4 Å². The Bertz CT molecular complexity index is 4810. The van der Waals surface area contributed by atoms with Crippen molar-refractivity contribution in [3.05, 3.63) is 323 Å². The summed E-state index contributed by atoms with van der Waals surface area (Å²) in [6, 6.07) is 102. The molecule has 4 aliphatic rings. The van der Waals surface area contributed by atoms with Gasteiger partial charge in [-0.15, -0.1) is 0 Å². The molecule has 13 aromatic rings. The standard InChI is InChI=1S/C88H74B2N6/c1-55-31-33-75-79(47-55)93(69-39-57(3)35-58(4)40-69)83-49-73(91(65-23-15-11-16-24-65)66-25-17-12-18-26-66)51-85-87(83)89(75)77-53-82-78(54-81(77)95(85)71-43-61(7)37-62(8)44-71)90-76-34-32-56(2)48-80(76)94(70-41-59(5)36-60(6)42-70)84-50-74(92(67-27-19-13-20-28-67)68-29-21-14-22-30-68)52-86(88(84)90)96(82)72-45-63(9)38-64(10)46-72/h11-54H,1-10H3. The van der Waals surface area contributed by atoms with Gasteiger partial charge in [-0.2, -0.15) is 0 Å². The van der Waals surface area contributed by atoms with Gasteiger partial charge in [0.2, 0.25) is 0 Å². The Morgan fingerprint density at radius 1 is 0.198 bits per heavy atom. The minimum Gasteiger partial charge on any atom is -0.311 e. The van der Waals surface area contributed by atoms with E-state index < -0.39 is 0 Å². The van der Waals surface area contributed by atoms with Crippen LogP contribution in [0.4, 0.5) is 102 Å². The van der Waals surface area contributed by atoms with Gasteiger partial charge in [-0.3, -0.25) is 0 Å². The minimum atomic E-state index is -0.191. The topological polar surface area (TPSA) is 19.4 Å². The zero-order valence-corrected chi connectivity index (χ0v) is 56.2. The summed E-state index contributed by atoms with van der Waals surface area (Å²) in [5, 5.41) is 0. The van der Waals surface area contributed by atoms with Crippen molar-refractivity contribution in [3.8, 4) is 0 Å². The molecule has 0 aromatic heterocycles. The molecule has 0 amide bonds. The number of aryl methyl sites for hydroxylation is 10. The second-order valence-electron chi connectivity index (χ2n) is 27.5. The smallest absolute Gasteiger partial charge is 0.252 e. The second kappa shape index (κ2) is 22.8. The van der Waals surface area contributed by atoms with Crippen LogP contribution in [0.3, 0.4) is 0 Å². The summed E-state index contributed by atoms with van der Waals surface area (Å²) in [4.78, 5) is 15.4. The highest BCUT2D eigenvalue weighted by Gasteiger charge is 2.49.